The van der Waals surface area contributed by atoms with E-state index in [1.54, 1.807) is 0 Å². The van der Waals surface area contributed by atoms with Gasteiger partial charge in [0.15, 0.2) is 0 Å². The molecule has 0 aromatic carbocycles. The molecule has 0 radical (unpaired) electrons. The second kappa shape index (κ2) is 6.76. The number of hydrogen-bond acceptors (Lipinski definition) is 3. The van der Waals surface area contributed by atoms with Gasteiger partial charge in [0.1, 0.15) is 0 Å². The topological polar surface area (TPSA) is 18.5 Å². The van der Waals surface area contributed by atoms with E-state index in [9.17, 15) is 0 Å². The lowest BCUT2D eigenvalue weighted by Gasteiger charge is -2.46. The van der Waals surface area contributed by atoms with Gasteiger partial charge in [-0.25, -0.2) is 0 Å². The van der Waals surface area contributed by atoms with Crippen LogP contribution in [0.2, 0.25) is 0 Å². The molecule has 3 aliphatic heterocycles. The fraction of sp³-hybridized carbons (Fsp3) is 1.00. The number of nitrogens with one attached hydrogen (secondary N) is 1. The van der Waals surface area contributed by atoms with Crippen molar-refractivity contribution in [2.75, 3.05) is 46.3 Å². The second-order valence-corrected chi connectivity index (χ2v) is 7.58. The van der Waals surface area contributed by atoms with Gasteiger partial charge in [0.05, 0.1) is 0 Å². The summed E-state index contributed by atoms with van der Waals surface area (Å²) in [6, 6.07) is 0.853. The van der Waals surface area contributed by atoms with Gasteiger partial charge in [-0.15, -0.1) is 0 Å². The molecule has 0 bridgehead atoms. The third-order valence-electron chi connectivity index (χ3n) is 6.00. The Morgan fingerprint density at radius 2 is 2.00 bits per heavy atom. The van der Waals surface area contributed by atoms with Gasteiger partial charge in [-0.2, -0.15) is 0 Å². The van der Waals surface area contributed by atoms with Crippen molar-refractivity contribution < 1.29 is 0 Å². The summed E-state index contributed by atoms with van der Waals surface area (Å²) in [5.41, 5.74) is 0.620. The number of nitrogens with zero attached hydrogens (tertiary/aromatic N) is 2. The molecule has 0 saturated carbocycles. The van der Waals surface area contributed by atoms with Crippen LogP contribution in [-0.4, -0.2) is 62.2 Å². The highest BCUT2D eigenvalue weighted by Crippen LogP contribution is 2.36. The fourth-order valence-electron chi connectivity index (χ4n) is 4.72. The third kappa shape index (κ3) is 3.55. The van der Waals surface area contributed by atoms with E-state index < -0.39 is 0 Å². The van der Waals surface area contributed by atoms with Gasteiger partial charge < -0.3 is 15.1 Å². The molecule has 3 heterocycles. The van der Waals surface area contributed by atoms with E-state index in [2.05, 4.69) is 22.2 Å². The Kier molecular flexibility index (Phi) is 5.00. The minimum atomic E-state index is 0.620. The van der Waals surface area contributed by atoms with Crippen LogP contribution in [0, 0.1) is 5.41 Å². The lowest BCUT2D eigenvalue weighted by Crippen LogP contribution is -2.51. The number of piperidine rings is 3. The van der Waals surface area contributed by atoms with Gasteiger partial charge in [-0.1, -0.05) is 6.42 Å². The van der Waals surface area contributed by atoms with E-state index in [0.717, 1.165) is 6.04 Å². The molecule has 0 aromatic rings. The first-order chi connectivity index (χ1) is 9.77. The highest BCUT2D eigenvalue weighted by atomic mass is 15.2. The summed E-state index contributed by atoms with van der Waals surface area (Å²) in [5, 5.41) is 3.64. The molecule has 2 unspecified atom stereocenters. The Morgan fingerprint density at radius 1 is 1.10 bits per heavy atom. The molecular weight excluding hydrogens is 246 g/mol. The summed E-state index contributed by atoms with van der Waals surface area (Å²) in [6.07, 6.45) is 11.4. The summed E-state index contributed by atoms with van der Waals surface area (Å²) in [4.78, 5) is 5.38. The fourth-order valence-corrected chi connectivity index (χ4v) is 4.72. The van der Waals surface area contributed by atoms with Gasteiger partial charge in [-0.05, 0) is 83.6 Å². The van der Waals surface area contributed by atoms with Crippen molar-refractivity contribution in [1.29, 1.82) is 0 Å². The predicted molar refractivity (Wildman–Crippen MR) is 85.1 cm³/mol. The predicted octanol–water partition coefficient (Wildman–Crippen LogP) is 2.33. The smallest absolute Gasteiger partial charge is 0.0104 e. The van der Waals surface area contributed by atoms with Crippen molar-refractivity contribution in [3.05, 3.63) is 0 Å². The first-order valence-corrected chi connectivity index (χ1v) is 8.91. The van der Waals surface area contributed by atoms with Gasteiger partial charge in [0.2, 0.25) is 0 Å². The molecule has 3 rings (SSSR count). The third-order valence-corrected chi connectivity index (χ3v) is 6.00. The molecule has 116 valence electrons. The van der Waals surface area contributed by atoms with E-state index in [-0.39, 0.29) is 0 Å². The molecule has 3 aliphatic rings. The van der Waals surface area contributed by atoms with Crippen LogP contribution in [0.15, 0.2) is 0 Å². The molecule has 0 amide bonds. The monoisotopic (exact) mass is 279 g/mol. The molecule has 2 atom stereocenters. The van der Waals surface area contributed by atoms with Gasteiger partial charge in [-0.3, -0.25) is 0 Å². The van der Waals surface area contributed by atoms with Gasteiger partial charge >= 0.3 is 0 Å². The van der Waals surface area contributed by atoms with Crippen molar-refractivity contribution in [2.24, 2.45) is 5.41 Å². The van der Waals surface area contributed by atoms with Gasteiger partial charge in [0, 0.05) is 19.1 Å². The second-order valence-electron chi connectivity index (χ2n) is 7.58. The van der Waals surface area contributed by atoms with Crippen molar-refractivity contribution in [2.45, 2.75) is 57.4 Å². The summed E-state index contributed by atoms with van der Waals surface area (Å²) < 4.78 is 0. The summed E-state index contributed by atoms with van der Waals surface area (Å²) >= 11 is 0. The van der Waals surface area contributed by atoms with Crippen LogP contribution >= 0.6 is 0 Å². The lowest BCUT2D eigenvalue weighted by molar-refractivity contribution is 0.0556. The average Bonchev–Trinajstić information content (AvgIpc) is 2.47. The Morgan fingerprint density at radius 3 is 2.80 bits per heavy atom. The minimum Gasteiger partial charge on any atom is -0.316 e. The van der Waals surface area contributed by atoms with Crippen LogP contribution in [0.1, 0.15) is 51.4 Å². The molecule has 0 aliphatic carbocycles. The van der Waals surface area contributed by atoms with E-state index >= 15 is 0 Å². The molecular formula is C17H33N3. The Balaban J connectivity index is 1.47. The number of likely N-dealkylation sites (tertiary alicyclic amines) is 2. The first-order valence-electron chi connectivity index (χ1n) is 8.91. The SMILES string of the molecule is CN1CCCCC1CCN1CCCC2(CCCNC2)C1. The summed E-state index contributed by atoms with van der Waals surface area (Å²) in [7, 11) is 2.33. The first kappa shape index (κ1) is 14.8. The van der Waals surface area contributed by atoms with E-state index in [4.69, 9.17) is 0 Å². The van der Waals surface area contributed by atoms with Crippen molar-refractivity contribution in [3.8, 4) is 0 Å². The summed E-state index contributed by atoms with van der Waals surface area (Å²) in [5.74, 6) is 0. The standard InChI is InChI=1S/C17H33N3/c1-19-11-3-2-6-16(19)7-13-20-12-5-9-17(15-20)8-4-10-18-14-17/h16,18H,2-15H2,1H3. The molecule has 1 N–H and O–H groups in total. The summed E-state index contributed by atoms with van der Waals surface area (Å²) in [6.45, 7) is 7.87. The van der Waals surface area contributed by atoms with E-state index in [1.165, 1.54) is 90.6 Å². The van der Waals surface area contributed by atoms with Gasteiger partial charge in [0.25, 0.3) is 0 Å². The average molecular weight is 279 g/mol. The lowest BCUT2D eigenvalue weighted by atomic mass is 9.74. The number of rotatable bonds is 3. The highest BCUT2D eigenvalue weighted by molar-refractivity contribution is 4.91. The molecule has 3 nitrogen and oxygen atoms in total. The minimum absolute atomic E-state index is 0.620. The maximum absolute atomic E-state index is 3.64. The largest absolute Gasteiger partial charge is 0.316 e. The Labute approximate surface area is 125 Å². The van der Waals surface area contributed by atoms with Crippen LogP contribution in [0.4, 0.5) is 0 Å². The molecule has 20 heavy (non-hydrogen) atoms. The van der Waals surface area contributed by atoms with Crippen molar-refractivity contribution >= 4 is 0 Å². The molecule has 0 aromatic heterocycles. The molecule has 3 saturated heterocycles. The normalized spacial score (nSPS) is 37.4. The Bertz CT molecular complexity index is 293. The Hall–Kier alpha value is -0.120. The molecule has 3 heteroatoms. The van der Waals surface area contributed by atoms with Crippen molar-refractivity contribution in [3.63, 3.8) is 0 Å². The zero-order chi connectivity index (χ0) is 13.8. The molecule has 3 fully saturated rings. The highest BCUT2D eigenvalue weighted by Gasteiger charge is 2.36. The zero-order valence-corrected chi connectivity index (χ0v) is 13.4. The van der Waals surface area contributed by atoms with E-state index in [1.807, 2.05) is 0 Å². The van der Waals surface area contributed by atoms with Crippen LogP contribution < -0.4 is 5.32 Å². The quantitative estimate of drug-likeness (QED) is 0.855. The maximum Gasteiger partial charge on any atom is 0.0104 e. The van der Waals surface area contributed by atoms with Crippen LogP contribution in [0.25, 0.3) is 0 Å². The van der Waals surface area contributed by atoms with Crippen LogP contribution in [0.3, 0.4) is 0 Å². The number of hydrogen-bond donors (Lipinski definition) is 1. The van der Waals surface area contributed by atoms with E-state index in [0.29, 0.717) is 5.41 Å². The van der Waals surface area contributed by atoms with Crippen LogP contribution in [0.5, 0.6) is 0 Å². The van der Waals surface area contributed by atoms with Crippen LogP contribution in [-0.2, 0) is 0 Å². The molecule has 1 spiro atoms. The zero-order valence-electron chi connectivity index (χ0n) is 13.4. The van der Waals surface area contributed by atoms with Crippen molar-refractivity contribution in [1.82, 2.24) is 15.1 Å². The maximum atomic E-state index is 3.64.